The molecule has 0 heterocycles. The van der Waals surface area contributed by atoms with Crippen LogP contribution in [-0.4, -0.2) is 0 Å². The Labute approximate surface area is 166 Å². The molecule has 0 spiro atoms. The Bertz CT molecular complexity index is 1130. The predicted molar refractivity (Wildman–Crippen MR) is 119 cm³/mol. The van der Waals surface area contributed by atoms with Gasteiger partial charge >= 0.3 is 0 Å². The third-order valence-corrected chi connectivity index (χ3v) is 5.58. The molecule has 134 valence electrons. The number of hydrogen-bond acceptors (Lipinski definition) is 0. The minimum Gasteiger partial charge on any atom is -0.0691 e. The average Bonchev–Trinajstić information content (AvgIpc) is 2.77. The van der Waals surface area contributed by atoms with Crippen molar-refractivity contribution in [2.24, 2.45) is 0 Å². The van der Waals surface area contributed by atoms with Gasteiger partial charge in [0.05, 0.1) is 0 Å². The van der Waals surface area contributed by atoms with Gasteiger partial charge in [0, 0.05) is 5.92 Å². The fraction of sp³-hybridized carbons (Fsp3) is 0.0714. The molecule has 0 atom stereocenters. The van der Waals surface area contributed by atoms with E-state index in [-0.39, 0.29) is 5.92 Å². The molecule has 0 heteroatoms. The molecule has 1 aliphatic carbocycles. The van der Waals surface area contributed by atoms with Crippen LogP contribution in [-0.2, 0) is 6.42 Å². The molecule has 0 saturated carbocycles. The molecule has 0 aromatic heterocycles. The summed E-state index contributed by atoms with van der Waals surface area (Å²) in [5.41, 5.74) is 6.79. The van der Waals surface area contributed by atoms with Crippen LogP contribution in [0.2, 0.25) is 0 Å². The Hall–Kier alpha value is -3.38. The number of fused-ring (bicyclic) bond motifs is 2. The van der Waals surface area contributed by atoms with Gasteiger partial charge in [0.2, 0.25) is 0 Å². The third kappa shape index (κ3) is 3.30. The van der Waals surface area contributed by atoms with Gasteiger partial charge in [-0.25, -0.2) is 0 Å². The van der Waals surface area contributed by atoms with E-state index in [0.717, 1.165) is 6.42 Å². The van der Waals surface area contributed by atoms with Gasteiger partial charge in [-0.15, -0.1) is 0 Å². The second-order valence-electron chi connectivity index (χ2n) is 7.45. The van der Waals surface area contributed by atoms with Gasteiger partial charge in [-0.05, 0) is 51.1 Å². The molecule has 0 fully saturated rings. The SMILES string of the molecule is C1=Cc2cc3ccccc3cc2CC1=CC(c1ccccc1)c1ccccc1. The molecule has 0 N–H and O–H groups in total. The molecule has 4 aromatic rings. The Balaban J connectivity index is 1.55. The van der Waals surface area contributed by atoms with E-state index in [1.165, 1.54) is 38.6 Å². The molecule has 28 heavy (non-hydrogen) atoms. The summed E-state index contributed by atoms with van der Waals surface area (Å²) in [5, 5.41) is 2.63. The zero-order chi connectivity index (χ0) is 18.8. The van der Waals surface area contributed by atoms with Crippen molar-refractivity contribution in [1.29, 1.82) is 0 Å². The molecule has 0 aliphatic heterocycles. The maximum Gasteiger partial charge on any atom is 0.0275 e. The largest absolute Gasteiger partial charge is 0.0691 e. The fourth-order valence-corrected chi connectivity index (χ4v) is 4.12. The molecule has 0 amide bonds. The van der Waals surface area contributed by atoms with Crippen molar-refractivity contribution in [1.82, 2.24) is 0 Å². The summed E-state index contributed by atoms with van der Waals surface area (Å²) in [6.45, 7) is 0. The Morgan fingerprint density at radius 1 is 0.607 bits per heavy atom. The topological polar surface area (TPSA) is 0 Å². The van der Waals surface area contributed by atoms with Crippen LogP contribution in [0.4, 0.5) is 0 Å². The van der Waals surface area contributed by atoms with E-state index in [4.69, 9.17) is 0 Å². The molecule has 0 saturated heterocycles. The molecular weight excluding hydrogens is 336 g/mol. The highest BCUT2D eigenvalue weighted by molar-refractivity contribution is 5.87. The van der Waals surface area contributed by atoms with Gasteiger partial charge in [0.25, 0.3) is 0 Å². The minimum atomic E-state index is 0.268. The highest BCUT2D eigenvalue weighted by Crippen LogP contribution is 2.32. The standard InChI is InChI=1S/C28H22/c1-3-9-22(10-4-1)28(23-11-5-2-6-12-23)18-21-15-16-26-19-24-13-7-8-14-25(24)20-27(26)17-21/h1-16,18-20,28H,17H2. The number of rotatable bonds is 3. The molecule has 5 rings (SSSR count). The summed E-state index contributed by atoms with van der Waals surface area (Å²) in [5.74, 6) is 0.268. The van der Waals surface area contributed by atoms with Gasteiger partial charge in [-0.1, -0.05) is 109 Å². The van der Waals surface area contributed by atoms with Crippen LogP contribution in [0.25, 0.3) is 16.8 Å². The van der Waals surface area contributed by atoms with Crippen LogP contribution < -0.4 is 0 Å². The molecular formula is C28H22. The smallest absolute Gasteiger partial charge is 0.0275 e. The van der Waals surface area contributed by atoms with E-state index in [9.17, 15) is 0 Å². The summed E-state index contributed by atoms with van der Waals surface area (Å²) in [6, 6.07) is 34.9. The lowest BCUT2D eigenvalue weighted by Crippen LogP contribution is -2.03. The normalized spacial score (nSPS) is 14.5. The van der Waals surface area contributed by atoms with Crippen LogP contribution in [0.5, 0.6) is 0 Å². The molecule has 1 aliphatic rings. The number of benzene rings is 4. The van der Waals surface area contributed by atoms with Crippen molar-refractivity contribution in [3.05, 3.63) is 137 Å². The predicted octanol–water partition coefficient (Wildman–Crippen LogP) is 7.17. The summed E-state index contributed by atoms with van der Waals surface area (Å²) in [4.78, 5) is 0. The van der Waals surface area contributed by atoms with E-state index in [2.05, 4.69) is 115 Å². The number of hydrogen-bond donors (Lipinski definition) is 0. The highest BCUT2D eigenvalue weighted by atomic mass is 14.2. The minimum absolute atomic E-state index is 0.268. The van der Waals surface area contributed by atoms with Crippen molar-refractivity contribution >= 4 is 16.8 Å². The van der Waals surface area contributed by atoms with Gasteiger partial charge < -0.3 is 0 Å². The zero-order valence-corrected chi connectivity index (χ0v) is 15.8. The molecule has 0 bridgehead atoms. The number of allylic oxidation sites excluding steroid dienone is 3. The second kappa shape index (κ2) is 7.32. The van der Waals surface area contributed by atoms with Crippen molar-refractivity contribution in [2.45, 2.75) is 12.3 Å². The summed E-state index contributed by atoms with van der Waals surface area (Å²) >= 11 is 0. The van der Waals surface area contributed by atoms with Crippen LogP contribution in [0.1, 0.15) is 28.2 Å². The first-order chi connectivity index (χ1) is 13.9. The van der Waals surface area contributed by atoms with Crippen molar-refractivity contribution in [3.8, 4) is 0 Å². The maximum atomic E-state index is 2.43. The molecule has 0 unspecified atom stereocenters. The molecule has 0 nitrogen and oxygen atoms in total. The quantitative estimate of drug-likeness (QED) is 0.364. The Kier molecular flexibility index (Phi) is 4.39. The van der Waals surface area contributed by atoms with Crippen LogP contribution in [0.15, 0.2) is 115 Å². The Morgan fingerprint density at radius 2 is 1.18 bits per heavy atom. The van der Waals surface area contributed by atoms with Gasteiger partial charge in [-0.2, -0.15) is 0 Å². The van der Waals surface area contributed by atoms with Crippen molar-refractivity contribution in [3.63, 3.8) is 0 Å². The zero-order valence-electron chi connectivity index (χ0n) is 15.8. The van der Waals surface area contributed by atoms with Gasteiger partial charge in [-0.3, -0.25) is 0 Å². The van der Waals surface area contributed by atoms with Gasteiger partial charge in [0.15, 0.2) is 0 Å². The van der Waals surface area contributed by atoms with E-state index in [1.54, 1.807) is 0 Å². The lowest BCUT2D eigenvalue weighted by molar-refractivity contribution is 0.998. The molecule has 0 radical (unpaired) electrons. The average molecular weight is 358 g/mol. The first-order valence-electron chi connectivity index (χ1n) is 9.87. The fourth-order valence-electron chi connectivity index (χ4n) is 4.12. The van der Waals surface area contributed by atoms with Crippen LogP contribution in [0.3, 0.4) is 0 Å². The third-order valence-electron chi connectivity index (χ3n) is 5.58. The van der Waals surface area contributed by atoms with E-state index in [1.807, 2.05) is 0 Å². The Morgan fingerprint density at radius 3 is 1.82 bits per heavy atom. The van der Waals surface area contributed by atoms with Crippen LogP contribution in [0, 0.1) is 0 Å². The summed E-state index contributed by atoms with van der Waals surface area (Å²) in [7, 11) is 0. The van der Waals surface area contributed by atoms with E-state index in [0.29, 0.717) is 0 Å². The lowest BCUT2D eigenvalue weighted by atomic mass is 9.85. The highest BCUT2D eigenvalue weighted by Gasteiger charge is 2.15. The van der Waals surface area contributed by atoms with E-state index >= 15 is 0 Å². The van der Waals surface area contributed by atoms with Gasteiger partial charge in [0.1, 0.15) is 0 Å². The molecule has 4 aromatic carbocycles. The maximum absolute atomic E-state index is 2.43. The lowest BCUT2D eigenvalue weighted by Gasteiger charge is -2.19. The van der Waals surface area contributed by atoms with Crippen LogP contribution >= 0.6 is 0 Å². The van der Waals surface area contributed by atoms with Crippen molar-refractivity contribution in [2.75, 3.05) is 0 Å². The summed E-state index contributed by atoms with van der Waals surface area (Å²) in [6.07, 6.45) is 7.96. The monoisotopic (exact) mass is 358 g/mol. The van der Waals surface area contributed by atoms with E-state index < -0.39 is 0 Å². The first kappa shape index (κ1) is 16.8. The first-order valence-corrected chi connectivity index (χ1v) is 9.87. The van der Waals surface area contributed by atoms with Crippen molar-refractivity contribution < 1.29 is 0 Å². The summed E-state index contributed by atoms with van der Waals surface area (Å²) < 4.78 is 0. The second-order valence-corrected chi connectivity index (χ2v) is 7.45.